The zero-order valence-corrected chi connectivity index (χ0v) is 13.4. The van der Waals surface area contributed by atoms with E-state index in [-0.39, 0.29) is 22.5 Å². The Morgan fingerprint density at radius 2 is 2.10 bits per heavy atom. The highest BCUT2D eigenvalue weighted by atomic mass is 32.2. The highest BCUT2D eigenvalue weighted by Crippen LogP contribution is 2.20. The van der Waals surface area contributed by atoms with Crippen LogP contribution in [-0.4, -0.2) is 32.7 Å². The molecule has 1 aliphatic carbocycles. The van der Waals surface area contributed by atoms with Crippen molar-refractivity contribution in [2.45, 2.75) is 36.7 Å². The molecule has 0 aliphatic heterocycles. The molecule has 2 rings (SSSR count). The van der Waals surface area contributed by atoms with Gasteiger partial charge in [-0.3, -0.25) is 0 Å². The third-order valence-electron chi connectivity index (χ3n) is 3.48. The standard InChI is InChI=1S/C14H20N2O3S2/c15-14(20)11-4-3-7-13(10-11)21(17,18)16-8-9-19-12-5-1-2-6-12/h3-4,7,10,12,16H,1-2,5-6,8-9H2,(H2,15,20). The second-order valence-corrected chi connectivity index (χ2v) is 7.27. The number of nitrogens with two attached hydrogens (primary N) is 1. The lowest BCUT2D eigenvalue weighted by atomic mass is 10.2. The van der Waals surface area contributed by atoms with E-state index in [4.69, 9.17) is 22.7 Å². The number of ether oxygens (including phenoxy) is 1. The molecule has 1 fully saturated rings. The molecule has 0 aromatic heterocycles. The van der Waals surface area contributed by atoms with Gasteiger partial charge in [0, 0.05) is 12.1 Å². The molecule has 1 aliphatic rings. The van der Waals surface area contributed by atoms with E-state index >= 15 is 0 Å². The van der Waals surface area contributed by atoms with E-state index in [0.29, 0.717) is 12.2 Å². The Morgan fingerprint density at radius 1 is 1.38 bits per heavy atom. The van der Waals surface area contributed by atoms with Crippen LogP contribution >= 0.6 is 12.2 Å². The fourth-order valence-electron chi connectivity index (χ4n) is 2.36. The zero-order chi connectivity index (χ0) is 15.3. The van der Waals surface area contributed by atoms with Crippen molar-refractivity contribution >= 4 is 27.2 Å². The summed E-state index contributed by atoms with van der Waals surface area (Å²) in [6.45, 7) is 0.648. The largest absolute Gasteiger partial charge is 0.389 e. The van der Waals surface area contributed by atoms with Crippen LogP contribution in [-0.2, 0) is 14.8 Å². The lowest BCUT2D eigenvalue weighted by Crippen LogP contribution is -2.28. The van der Waals surface area contributed by atoms with Crippen LogP contribution in [0.25, 0.3) is 0 Å². The summed E-state index contributed by atoms with van der Waals surface area (Å²) in [5.41, 5.74) is 6.05. The Hall–Kier alpha value is -1.02. The summed E-state index contributed by atoms with van der Waals surface area (Å²) in [6.07, 6.45) is 4.82. The summed E-state index contributed by atoms with van der Waals surface area (Å²) in [6, 6.07) is 6.30. The normalized spacial score (nSPS) is 16.2. The van der Waals surface area contributed by atoms with Crippen LogP contribution < -0.4 is 10.5 Å². The predicted octanol–water partition coefficient (Wildman–Crippen LogP) is 1.56. The molecule has 0 saturated heterocycles. The van der Waals surface area contributed by atoms with E-state index in [0.717, 1.165) is 12.8 Å². The van der Waals surface area contributed by atoms with Gasteiger partial charge < -0.3 is 10.5 Å². The van der Waals surface area contributed by atoms with Gasteiger partial charge in [0.05, 0.1) is 17.6 Å². The fraction of sp³-hybridized carbons (Fsp3) is 0.500. The smallest absolute Gasteiger partial charge is 0.240 e. The minimum Gasteiger partial charge on any atom is -0.389 e. The Morgan fingerprint density at radius 3 is 2.76 bits per heavy atom. The molecule has 21 heavy (non-hydrogen) atoms. The van der Waals surface area contributed by atoms with E-state index in [1.165, 1.54) is 25.0 Å². The lowest BCUT2D eigenvalue weighted by Gasteiger charge is -2.12. The van der Waals surface area contributed by atoms with Crippen LogP contribution in [0.15, 0.2) is 29.2 Å². The van der Waals surface area contributed by atoms with Crippen LogP contribution in [0.2, 0.25) is 0 Å². The highest BCUT2D eigenvalue weighted by molar-refractivity contribution is 7.89. The van der Waals surface area contributed by atoms with E-state index < -0.39 is 10.0 Å². The molecular formula is C14H20N2O3S2. The average molecular weight is 328 g/mol. The molecule has 0 atom stereocenters. The first-order valence-corrected chi connectivity index (χ1v) is 8.89. The van der Waals surface area contributed by atoms with Gasteiger partial charge in [-0.15, -0.1) is 0 Å². The summed E-state index contributed by atoms with van der Waals surface area (Å²) in [7, 11) is -3.56. The van der Waals surface area contributed by atoms with Gasteiger partial charge in [-0.05, 0) is 25.0 Å². The molecule has 0 heterocycles. The van der Waals surface area contributed by atoms with Crippen molar-refractivity contribution in [3.05, 3.63) is 29.8 Å². The number of rotatable bonds is 7. The van der Waals surface area contributed by atoms with Crippen molar-refractivity contribution in [1.29, 1.82) is 0 Å². The van der Waals surface area contributed by atoms with Gasteiger partial charge in [-0.1, -0.05) is 37.2 Å². The van der Waals surface area contributed by atoms with Crippen molar-refractivity contribution < 1.29 is 13.2 Å². The molecule has 0 unspecified atom stereocenters. The monoisotopic (exact) mass is 328 g/mol. The molecule has 7 heteroatoms. The van der Waals surface area contributed by atoms with Crippen molar-refractivity contribution in [3.63, 3.8) is 0 Å². The van der Waals surface area contributed by atoms with Gasteiger partial charge in [0.1, 0.15) is 4.99 Å². The molecule has 1 aromatic carbocycles. The topological polar surface area (TPSA) is 81.4 Å². The molecule has 116 valence electrons. The van der Waals surface area contributed by atoms with Gasteiger partial charge in [0.25, 0.3) is 0 Å². The second-order valence-electron chi connectivity index (χ2n) is 5.07. The van der Waals surface area contributed by atoms with Gasteiger partial charge in [-0.25, -0.2) is 13.1 Å². The highest BCUT2D eigenvalue weighted by Gasteiger charge is 2.17. The van der Waals surface area contributed by atoms with Crippen molar-refractivity contribution in [2.24, 2.45) is 5.73 Å². The van der Waals surface area contributed by atoms with E-state index in [1.54, 1.807) is 12.1 Å². The number of hydrogen-bond donors (Lipinski definition) is 2. The first-order valence-electron chi connectivity index (χ1n) is 7.00. The number of benzene rings is 1. The molecule has 3 N–H and O–H groups in total. The maximum absolute atomic E-state index is 12.2. The van der Waals surface area contributed by atoms with Crippen molar-refractivity contribution in [1.82, 2.24) is 4.72 Å². The van der Waals surface area contributed by atoms with Gasteiger partial charge >= 0.3 is 0 Å². The molecular weight excluding hydrogens is 308 g/mol. The Labute approximate surface area is 130 Å². The van der Waals surface area contributed by atoms with Crippen LogP contribution in [0.5, 0.6) is 0 Å². The molecule has 0 spiro atoms. The SMILES string of the molecule is NC(=S)c1cccc(S(=O)(=O)NCCOC2CCCC2)c1. The van der Waals surface area contributed by atoms with E-state index in [2.05, 4.69) is 4.72 Å². The van der Waals surface area contributed by atoms with Crippen LogP contribution in [0.3, 0.4) is 0 Å². The first-order chi connectivity index (χ1) is 9.99. The van der Waals surface area contributed by atoms with Gasteiger partial charge in [0.2, 0.25) is 10.0 Å². The van der Waals surface area contributed by atoms with Gasteiger partial charge in [0.15, 0.2) is 0 Å². The summed E-state index contributed by atoms with van der Waals surface area (Å²) >= 11 is 4.85. The molecule has 5 nitrogen and oxygen atoms in total. The Bertz CT molecular complexity index is 596. The molecule has 0 bridgehead atoms. The van der Waals surface area contributed by atoms with Crippen molar-refractivity contribution in [3.8, 4) is 0 Å². The minimum absolute atomic E-state index is 0.161. The predicted molar refractivity (Wildman–Crippen MR) is 85.7 cm³/mol. The number of hydrogen-bond acceptors (Lipinski definition) is 4. The Kier molecular flexibility index (Phi) is 5.69. The number of sulfonamides is 1. The lowest BCUT2D eigenvalue weighted by molar-refractivity contribution is 0.0626. The third kappa shape index (κ3) is 4.74. The summed E-state index contributed by atoms with van der Waals surface area (Å²) in [5.74, 6) is 0. The van der Waals surface area contributed by atoms with Crippen LogP contribution in [0.4, 0.5) is 0 Å². The van der Waals surface area contributed by atoms with E-state index in [1.807, 2.05) is 0 Å². The average Bonchev–Trinajstić information content (AvgIpc) is 2.97. The third-order valence-corrected chi connectivity index (χ3v) is 5.17. The summed E-state index contributed by atoms with van der Waals surface area (Å²) in [5, 5.41) is 0. The fourth-order valence-corrected chi connectivity index (χ4v) is 3.54. The summed E-state index contributed by atoms with van der Waals surface area (Å²) < 4.78 is 32.5. The molecule has 1 aromatic rings. The maximum Gasteiger partial charge on any atom is 0.240 e. The van der Waals surface area contributed by atoms with E-state index in [9.17, 15) is 8.42 Å². The molecule has 1 saturated carbocycles. The Balaban J connectivity index is 1.88. The molecule has 0 radical (unpaired) electrons. The molecule has 0 amide bonds. The zero-order valence-electron chi connectivity index (χ0n) is 11.7. The van der Waals surface area contributed by atoms with Crippen LogP contribution in [0.1, 0.15) is 31.2 Å². The number of thiocarbonyl (C=S) groups is 1. The maximum atomic E-state index is 12.2. The first kappa shape index (κ1) is 16.4. The van der Waals surface area contributed by atoms with Crippen molar-refractivity contribution in [2.75, 3.05) is 13.2 Å². The minimum atomic E-state index is -3.56. The second kappa shape index (κ2) is 7.31. The number of nitrogens with one attached hydrogen (secondary N) is 1. The quantitative estimate of drug-likeness (QED) is 0.586. The van der Waals surface area contributed by atoms with Gasteiger partial charge in [-0.2, -0.15) is 0 Å². The van der Waals surface area contributed by atoms with Crippen LogP contribution in [0, 0.1) is 0 Å². The summed E-state index contributed by atoms with van der Waals surface area (Å²) in [4.78, 5) is 0.338.